The molecule has 0 spiro atoms. The van der Waals surface area contributed by atoms with E-state index in [1.54, 1.807) is 0 Å². The van der Waals surface area contributed by atoms with Crippen molar-refractivity contribution in [1.82, 2.24) is 5.32 Å². The highest BCUT2D eigenvalue weighted by molar-refractivity contribution is 7.11. The van der Waals surface area contributed by atoms with Crippen LogP contribution in [-0.4, -0.2) is 0 Å². The van der Waals surface area contributed by atoms with Crippen molar-refractivity contribution in [3.8, 4) is 0 Å². The molecule has 90 valence electrons. The van der Waals surface area contributed by atoms with Crippen LogP contribution in [0.5, 0.6) is 0 Å². The SMILES string of the molecule is Cc1ccc(CNC(c2cccs2)C2CC2)s1. The molecular formula is C14H17NS2. The summed E-state index contributed by atoms with van der Waals surface area (Å²) in [5.41, 5.74) is 0. The van der Waals surface area contributed by atoms with Crippen molar-refractivity contribution in [2.45, 2.75) is 32.4 Å². The third kappa shape index (κ3) is 2.79. The molecule has 3 rings (SSSR count). The Bertz CT molecular complexity index is 468. The van der Waals surface area contributed by atoms with E-state index in [0.717, 1.165) is 12.5 Å². The van der Waals surface area contributed by atoms with Gasteiger partial charge in [-0.3, -0.25) is 0 Å². The molecule has 0 aromatic carbocycles. The first-order chi connectivity index (χ1) is 8.33. The summed E-state index contributed by atoms with van der Waals surface area (Å²) in [6.45, 7) is 3.18. The Kier molecular flexibility index (Phi) is 3.32. The third-order valence-electron chi connectivity index (χ3n) is 3.24. The maximum atomic E-state index is 3.73. The van der Waals surface area contributed by atoms with E-state index in [1.807, 2.05) is 22.7 Å². The molecule has 3 heteroatoms. The van der Waals surface area contributed by atoms with Crippen LogP contribution in [0.1, 0.15) is 33.5 Å². The Balaban J connectivity index is 1.65. The van der Waals surface area contributed by atoms with Crippen molar-refractivity contribution in [1.29, 1.82) is 0 Å². The average molecular weight is 263 g/mol. The van der Waals surface area contributed by atoms with Crippen LogP contribution < -0.4 is 5.32 Å². The Hall–Kier alpha value is -0.640. The first kappa shape index (κ1) is 11.5. The lowest BCUT2D eigenvalue weighted by Crippen LogP contribution is -2.21. The van der Waals surface area contributed by atoms with Crippen LogP contribution in [-0.2, 0) is 6.54 Å². The summed E-state index contributed by atoms with van der Waals surface area (Å²) in [5, 5.41) is 5.92. The quantitative estimate of drug-likeness (QED) is 0.845. The Labute approximate surface area is 111 Å². The van der Waals surface area contributed by atoms with Gasteiger partial charge in [-0.25, -0.2) is 0 Å². The standard InChI is InChI=1S/C14H17NS2/c1-10-4-7-12(17-10)9-15-14(11-5-6-11)13-3-2-8-16-13/h2-4,7-8,11,14-15H,5-6,9H2,1H3. The molecule has 1 unspecified atom stereocenters. The monoisotopic (exact) mass is 263 g/mol. The van der Waals surface area contributed by atoms with Crippen LogP contribution in [0.15, 0.2) is 29.6 Å². The number of thiophene rings is 2. The minimum Gasteiger partial charge on any atom is -0.304 e. The third-order valence-corrected chi connectivity index (χ3v) is 5.19. The van der Waals surface area contributed by atoms with Crippen LogP contribution in [0.2, 0.25) is 0 Å². The molecule has 1 N–H and O–H groups in total. The summed E-state index contributed by atoms with van der Waals surface area (Å²) >= 11 is 3.78. The number of hydrogen-bond donors (Lipinski definition) is 1. The fourth-order valence-corrected chi connectivity index (χ4v) is 3.92. The molecule has 2 aromatic rings. The van der Waals surface area contributed by atoms with Crippen LogP contribution in [0.25, 0.3) is 0 Å². The molecule has 1 saturated carbocycles. The van der Waals surface area contributed by atoms with Crippen LogP contribution >= 0.6 is 22.7 Å². The van der Waals surface area contributed by atoms with Gasteiger partial charge in [-0.15, -0.1) is 22.7 Å². The summed E-state index contributed by atoms with van der Waals surface area (Å²) in [5.74, 6) is 0.870. The first-order valence-corrected chi connectivity index (χ1v) is 7.84. The molecule has 0 amide bonds. The molecular weight excluding hydrogens is 246 g/mol. The highest BCUT2D eigenvalue weighted by atomic mass is 32.1. The molecule has 0 aliphatic heterocycles. The fraction of sp³-hybridized carbons (Fsp3) is 0.429. The van der Waals surface area contributed by atoms with Gasteiger partial charge in [0.25, 0.3) is 0 Å². The van der Waals surface area contributed by atoms with Gasteiger partial charge in [0.2, 0.25) is 0 Å². The molecule has 1 aliphatic rings. The normalized spacial score (nSPS) is 17.2. The van der Waals surface area contributed by atoms with E-state index in [2.05, 4.69) is 41.9 Å². The second-order valence-electron chi connectivity index (χ2n) is 4.72. The Morgan fingerprint density at radius 3 is 2.82 bits per heavy atom. The van der Waals surface area contributed by atoms with Crippen molar-refractivity contribution in [2.75, 3.05) is 0 Å². The zero-order valence-electron chi connectivity index (χ0n) is 9.98. The molecule has 17 heavy (non-hydrogen) atoms. The predicted octanol–water partition coefficient (Wildman–Crippen LogP) is 4.36. The van der Waals surface area contributed by atoms with Crippen molar-refractivity contribution in [3.05, 3.63) is 44.3 Å². The molecule has 1 nitrogen and oxygen atoms in total. The maximum Gasteiger partial charge on any atom is 0.0446 e. The maximum absolute atomic E-state index is 3.73. The first-order valence-electron chi connectivity index (χ1n) is 6.15. The summed E-state index contributed by atoms with van der Waals surface area (Å²) in [7, 11) is 0. The largest absolute Gasteiger partial charge is 0.304 e. The lowest BCUT2D eigenvalue weighted by Gasteiger charge is -2.16. The number of hydrogen-bond acceptors (Lipinski definition) is 3. The van der Waals surface area contributed by atoms with Crippen molar-refractivity contribution < 1.29 is 0 Å². The van der Waals surface area contributed by atoms with E-state index in [9.17, 15) is 0 Å². The van der Waals surface area contributed by atoms with Crippen LogP contribution in [0, 0.1) is 12.8 Å². The van der Waals surface area contributed by atoms with Crippen molar-refractivity contribution in [3.63, 3.8) is 0 Å². The molecule has 1 atom stereocenters. The van der Waals surface area contributed by atoms with Crippen LogP contribution in [0.3, 0.4) is 0 Å². The molecule has 1 aliphatic carbocycles. The molecule has 1 fully saturated rings. The zero-order valence-corrected chi connectivity index (χ0v) is 11.6. The van der Waals surface area contributed by atoms with Gasteiger partial charge < -0.3 is 5.32 Å². The van der Waals surface area contributed by atoms with E-state index in [0.29, 0.717) is 6.04 Å². The van der Waals surface area contributed by atoms with Gasteiger partial charge in [-0.2, -0.15) is 0 Å². The lowest BCUT2D eigenvalue weighted by atomic mass is 10.1. The molecule has 0 bridgehead atoms. The highest BCUT2D eigenvalue weighted by Crippen LogP contribution is 2.42. The summed E-state index contributed by atoms with van der Waals surface area (Å²) < 4.78 is 0. The smallest absolute Gasteiger partial charge is 0.0446 e. The van der Waals surface area contributed by atoms with Crippen LogP contribution in [0.4, 0.5) is 0 Å². The molecule has 0 saturated heterocycles. The summed E-state index contributed by atoms with van der Waals surface area (Å²) in [6.07, 6.45) is 2.78. The van der Waals surface area contributed by atoms with Crippen molar-refractivity contribution in [2.24, 2.45) is 5.92 Å². The molecule has 0 radical (unpaired) electrons. The van der Waals surface area contributed by atoms with E-state index < -0.39 is 0 Å². The molecule has 2 heterocycles. The van der Waals surface area contributed by atoms with E-state index in [1.165, 1.54) is 27.5 Å². The number of nitrogens with one attached hydrogen (secondary N) is 1. The van der Waals surface area contributed by atoms with Gasteiger partial charge >= 0.3 is 0 Å². The molecule has 2 aromatic heterocycles. The number of rotatable bonds is 5. The number of aryl methyl sites for hydroxylation is 1. The predicted molar refractivity (Wildman–Crippen MR) is 75.7 cm³/mol. The van der Waals surface area contributed by atoms with Gasteiger partial charge in [-0.05, 0) is 49.3 Å². The average Bonchev–Trinajstić information content (AvgIpc) is 2.85. The summed E-state index contributed by atoms with van der Waals surface area (Å²) in [4.78, 5) is 4.35. The van der Waals surface area contributed by atoms with E-state index >= 15 is 0 Å². The Morgan fingerprint density at radius 2 is 2.24 bits per heavy atom. The minimum absolute atomic E-state index is 0.581. The van der Waals surface area contributed by atoms with Crippen molar-refractivity contribution >= 4 is 22.7 Å². The lowest BCUT2D eigenvalue weighted by molar-refractivity contribution is 0.490. The fourth-order valence-electron chi connectivity index (χ4n) is 2.19. The van der Waals surface area contributed by atoms with E-state index in [-0.39, 0.29) is 0 Å². The zero-order chi connectivity index (χ0) is 11.7. The van der Waals surface area contributed by atoms with Gasteiger partial charge in [0.1, 0.15) is 0 Å². The topological polar surface area (TPSA) is 12.0 Å². The summed E-state index contributed by atoms with van der Waals surface area (Å²) in [6, 6.07) is 9.45. The second kappa shape index (κ2) is 4.92. The second-order valence-corrected chi connectivity index (χ2v) is 7.08. The van der Waals surface area contributed by atoms with Gasteiger partial charge in [0, 0.05) is 27.2 Å². The van der Waals surface area contributed by atoms with E-state index in [4.69, 9.17) is 0 Å². The van der Waals surface area contributed by atoms with Gasteiger partial charge in [-0.1, -0.05) is 6.07 Å². The van der Waals surface area contributed by atoms with Gasteiger partial charge in [0.15, 0.2) is 0 Å². The highest BCUT2D eigenvalue weighted by Gasteiger charge is 2.32. The Morgan fingerprint density at radius 1 is 1.35 bits per heavy atom. The minimum atomic E-state index is 0.581. The van der Waals surface area contributed by atoms with Gasteiger partial charge in [0.05, 0.1) is 0 Å².